The number of aliphatic hydroxyl groups is 2. The fourth-order valence-corrected chi connectivity index (χ4v) is 7.01. The van der Waals surface area contributed by atoms with Gasteiger partial charge in [-0.05, 0) is 38.1 Å². The molecule has 2 aromatic rings. The zero-order chi connectivity index (χ0) is 28.4. The van der Waals surface area contributed by atoms with Gasteiger partial charge < -0.3 is 40.1 Å². The second-order valence-electron chi connectivity index (χ2n) is 10.5. The molecule has 7 N–H and O–H groups in total. The summed E-state index contributed by atoms with van der Waals surface area (Å²) in [7, 11) is -4.15. The third kappa shape index (κ3) is 6.43. The van der Waals surface area contributed by atoms with Gasteiger partial charge in [0.15, 0.2) is 23.2 Å². The Balaban J connectivity index is 1.21. The summed E-state index contributed by atoms with van der Waals surface area (Å²) in [6, 6.07) is -1.10. The Bertz CT molecular complexity index is 1270. The molecule has 0 aromatic carbocycles. The highest BCUT2D eigenvalue weighted by molar-refractivity contribution is 7.52. The summed E-state index contributed by atoms with van der Waals surface area (Å²) >= 11 is 0. The van der Waals surface area contributed by atoms with E-state index in [1.54, 1.807) is 0 Å². The molecule has 0 radical (unpaired) electrons. The Hall–Kier alpha value is -2.72. The van der Waals surface area contributed by atoms with Crippen molar-refractivity contribution >= 4 is 36.6 Å². The molecule has 1 aliphatic carbocycles. The average molecular weight is 584 g/mol. The van der Waals surface area contributed by atoms with E-state index in [2.05, 4.69) is 30.9 Å². The molecule has 1 saturated carbocycles. The van der Waals surface area contributed by atoms with Crippen molar-refractivity contribution in [3.05, 3.63) is 12.7 Å². The highest BCUT2D eigenvalue weighted by Crippen LogP contribution is 2.46. The molecule has 3 fully saturated rings. The van der Waals surface area contributed by atoms with Crippen LogP contribution in [0.2, 0.25) is 0 Å². The van der Waals surface area contributed by atoms with Crippen LogP contribution >= 0.6 is 7.60 Å². The third-order valence-corrected chi connectivity index (χ3v) is 9.16. The van der Waals surface area contributed by atoms with Crippen LogP contribution in [-0.2, 0) is 18.6 Å². The van der Waals surface area contributed by atoms with Crippen LogP contribution in [0.25, 0.3) is 11.2 Å². The van der Waals surface area contributed by atoms with E-state index >= 15 is 0 Å². The highest BCUT2D eigenvalue weighted by Gasteiger charge is 2.45. The Kier molecular flexibility index (Phi) is 8.66. The molecule has 40 heavy (non-hydrogen) atoms. The lowest BCUT2D eigenvalue weighted by Gasteiger charge is -2.29. The molecule has 2 aromatic heterocycles. The Morgan fingerprint density at radius 3 is 2.70 bits per heavy atom. The maximum Gasteiger partial charge on any atom is 0.328 e. The van der Waals surface area contributed by atoms with Crippen LogP contribution in [0.15, 0.2) is 12.7 Å². The predicted molar refractivity (Wildman–Crippen MR) is 138 cm³/mol. The quantitative estimate of drug-likeness (QED) is 0.195. The van der Waals surface area contributed by atoms with Gasteiger partial charge in [0, 0.05) is 6.04 Å². The number of nitrogens with one attached hydrogen (secondary N) is 3. The molecule has 0 spiro atoms. The smallest absolute Gasteiger partial charge is 0.328 e. The average Bonchev–Trinajstić information content (AvgIpc) is 3.64. The number of urea groups is 1. The topological polar surface area (TPSA) is 230 Å². The van der Waals surface area contributed by atoms with Crippen LogP contribution in [0.3, 0.4) is 0 Å². The molecule has 4 heterocycles. The molecular formula is C23H34N7O9P. The first-order valence-electron chi connectivity index (χ1n) is 13.3. The summed E-state index contributed by atoms with van der Waals surface area (Å²) in [6.45, 7) is -0.0730. The first-order chi connectivity index (χ1) is 19.1. The molecule has 5 rings (SSSR count). The standard InChI is InChI=1S/C23H34N7O9P/c31-17-15(8-38-40(36,37)9-12-5-6-24-14(7-12)22(33)34)39-21(18(17)32)30-11-27-16-19(25-10-26-20(16)30)29-23(35)28-13-3-1-2-4-13/h10-15,17-18,21,24,31-32H,1-9H2,(H,33,34)(H,36,37)(H2,25,26,28,29,35)/t12?,14?,15-,17?,18+,21-/m1/s1. The second kappa shape index (κ2) is 12.0. The predicted octanol–water partition coefficient (Wildman–Crippen LogP) is 0.164. The highest BCUT2D eigenvalue weighted by atomic mass is 31.2. The van der Waals surface area contributed by atoms with Crippen LogP contribution < -0.4 is 16.0 Å². The van der Waals surface area contributed by atoms with Gasteiger partial charge in [-0.25, -0.2) is 19.7 Å². The number of imidazole rings is 1. The van der Waals surface area contributed by atoms with Gasteiger partial charge in [-0.1, -0.05) is 12.8 Å². The maximum absolute atomic E-state index is 12.7. The Labute approximate surface area is 229 Å². The number of carboxylic acid groups (broad SMARTS) is 1. The van der Waals surface area contributed by atoms with Crippen molar-refractivity contribution in [3.63, 3.8) is 0 Å². The van der Waals surface area contributed by atoms with E-state index in [0.29, 0.717) is 13.0 Å². The third-order valence-electron chi connectivity index (χ3n) is 7.63. The minimum absolute atomic E-state index is 0.105. The van der Waals surface area contributed by atoms with Gasteiger partial charge in [0.1, 0.15) is 30.7 Å². The molecule has 2 aliphatic heterocycles. The number of piperidine rings is 1. The first-order valence-corrected chi connectivity index (χ1v) is 15.1. The number of hydrogen-bond acceptors (Lipinski definition) is 11. The van der Waals surface area contributed by atoms with Crippen LogP contribution in [0.1, 0.15) is 44.8 Å². The van der Waals surface area contributed by atoms with Gasteiger partial charge in [-0.15, -0.1) is 0 Å². The van der Waals surface area contributed by atoms with E-state index in [1.165, 1.54) is 17.2 Å². The van der Waals surface area contributed by atoms with Gasteiger partial charge in [-0.3, -0.25) is 19.2 Å². The number of carbonyl (C=O) groups is 2. The lowest BCUT2D eigenvalue weighted by Crippen LogP contribution is -2.44. The fourth-order valence-electron chi connectivity index (χ4n) is 5.54. The van der Waals surface area contributed by atoms with Crippen molar-refractivity contribution in [1.82, 2.24) is 30.2 Å². The SMILES string of the molecule is O=C(Nc1ncnc2c1ncn2[C@@H]1O[C@H](COP(=O)(O)CC2CCNC(C(=O)O)C2)C(O)[C@@H]1O)NC1CCCC1. The zero-order valence-electron chi connectivity index (χ0n) is 21.6. The number of rotatable bonds is 9. The van der Waals surface area contributed by atoms with E-state index in [9.17, 15) is 34.4 Å². The number of hydrogen-bond donors (Lipinski definition) is 7. The summed E-state index contributed by atoms with van der Waals surface area (Å²) in [4.78, 5) is 46.6. The Morgan fingerprint density at radius 1 is 1.18 bits per heavy atom. The van der Waals surface area contributed by atoms with Crippen molar-refractivity contribution in [3.8, 4) is 0 Å². The monoisotopic (exact) mass is 583 g/mol. The second-order valence-corrected chi connectivity index (χ2v) is 12.4. The van der Waals surface area contributed by atoms with Crippen LogP contribution in [-0.4, -0.2) is 101 Å². The summed E-state index contributed by atoms with van der Waals surface area (Å²) in [5.41, 5.74) is 0.478. The van der Waals surface area contributed by atoms with Crippen LogP contribution in [0.4, 0.5) is 10.6 Å². The largest absolute Gasteiger partial charge is 0.480 e. The molecular weight excluding hydrogens is 549 g/mol. The molecule has 4 unspecified atom stereocenters. The number of aliphatic carboxylic acids is 1. The maximum atomic E-state index is 12.7. The summed E-state index contributed by atoms with van der Waals surface area (Å²) in [6.07, 6.45) is 1.81. The molecule has 17 heteroatoms. The summed E-state index contributed by atoms with van der Waals surface area (Å²) in [5, 5.41) is 38.9. The molecule has 220 valence electrons. The van der Waals surface area contributed by atoms with Gasteiger partial charge in [0.2, 0.25) is 0 Å². The number of fused-ring (bicyclic) bond motifs is 1. The Morgan fingerprint density at radius 2 is 1.95 bits per heavy atom. The van der Waals surface area contributed by atoms with Crippen molar-refractivity contribution < 1.29 is 43.6 Å². The lowest BCUT2D eigenvalue weighted by atomic mass is 9.94. The van der Waals surface area contributed by atoms with E-state index in [0.717, 1.165) is 25.7 Å². The molecule has 2 amide bonds. The number of anilines is 1. The van der Waals surface area contributed by atoms with Crippen molar-refractivity contribution in [2.24, 2.45) is 5.92 Å². The molecule has 16 nitrogen and oxygen atoms in total. The van der Waals surface area contributed by atoms with Gasteiger partial charge >= 0.3 is 19.6 Å². The number of ether oxygens (including phenoxy) is 1. The molecule has 3 aliphatic rings. The minimum Gasteiger partial charge on any atom is -0.480 e. The first kappa shape index (κ1) is 28.8. The van der Waals surface area contributed by atoms with Crippen LogP contribution in [0.5, 0.6) is 0 Å². The van der Waals surface area contributed by atoms with Gasteiger partial charge in [-0.2, -0.15) is 0 Å². The van der Waals surface area contributed by atoms with E-state index in [1.807, 2.05) is 0 Å². The number of amides is 2. The normalized spacial score (nSPS) is 30.8. The van der Waals surface area contributed by atoms with Crippen molar-refractivity contribution in [2.75, 3.05) is 24.6 Å². The number of aliphatic hydroxyl groups excluding tert-OH is 2. The summed E-state index contributed by atoms with van der Waals surface area (Å²) < 4.78 is 25.1. The summed E-state index contributed by atoms with van der Waals surface area (Å²) in [5.74, 6) is -1.18. The number of nitrogens with zero attached hydrogens (tertiary/aromatic N) is 4. The van der Waals surface area contributed by atoms with Gasteiger partial charge in [0.25, 0.3) is 0 Å². The number of aromatic nitrogens is 4. The fraction of sp³-hybridized carbons (Fsp3) is 0.696. The van der Waals surface area contributed by atoms with E-state index < -0.39 is 56.8 Å². The number of carboxylic acids is 1. The van der Waals surface area contributed by atoms with Crippen molar-refractivity contribution in [2.45, 2.75) is 75.1 Å². The molecule has 2 saturated heterocycles. The lowest BCUT2D eigenvalue weighted by molar-refractivity contribution is -0.140. The van der Waals surface area contributed by atoms with E-state index in [-0.39, 0.29) is 41.5 Å². The van der Waals surface area contributed by atoms with Gasteiger partial charge in [0.05, 0.1) is 19.1 Å². The number of carbonyl (C=O) groups excluding carboxylic acids is 1. The van der Waals surface area contributed by atoms with Crippen molar-refractivity contribution in [1.29, 1.82) is 0 Å². The van der Waals surface area contributed by atoms with E-state index in [4.69, 9.17) is 9.26 Å². The molecule has 0 bridgehead atoms. The zero-order valence-corrected chi connectivity index (χ0v) is 22.5. The van der Waals surface area contributed by atoms with Crippen LogP contribution in [0, 0.1) is 5.92 Å². The minimum atomic E-state index is -4.15. The molecule has 7 atom stereocenters.